The number of carbonyl (C=O) groups excluding carboxylic acids is 2. The van der Waals surface area contributed by atoms with E-state index in [1.54, 1.807) is 24.5 Å². The standard InChI is InChI=1S/C30H26ClN3O4/c1-37-30(36)26-8-3-9-27(29(26)21-6-2-7-22(31)16-21)34-18-25(19-34)38-24-12-10-23(11-13-24)33-28(35)15-20-5-4-14-32-17-20/h2-14,16-17,25H,15,18-19H2,1H3,(H,33,35). The summed E-state index contributed by atoms with van der Waals surface area (Å²) in [6.07, 6.45) is 3.61. The smallest absolute Gasteiger partial charge is 0.338 e. The number of benzene rings is 3. The molecule has 0 unspecified atom stereocenters. The maximum atomic E-state index is 12.5. The van der Waals surface area contributed by atoms with E-state index in [4.69, 9.17) is 21.1 Å². The van der Waals surface area contributed by atoms with Crippen molar-refractivity contribution in [1.29, 1.82) is 0 Å². The second-order valence-electron chi connectivity index (χ2n) is 8.96. The van der Waals surface area contributed by atoms with E-state index in [0.717, 1.165) is 28.1 Å². The number of nitrogens with zero attached hydrogens (tertiary/aromatic N) is 2. The molecule has 0 radical (unpaired) electrons. The number of aromatic nitrogens is 1. The fourth-order valence-electron chi connectivity index (χ4n) is 4.44. The molecular weight excluding hydrogens is 502 g/mol. The van der Waals surface area contributed by atoms with Crippen molar-refractivity contribution in [3.8, 4) is 16.9 Å². The van der Waals surface area contributed by atoms with Crippen molar-refractivity contribution in [3.63, 3.8) is 0 Å². The van der Waals surface area contributed by atoms with Gasteiger partial charge in [0.25, 0.3) is 0 Å². The van der Waals surface area contributed by atoms with Crippen LogP contribution in [-0.4, -0.2) is 43.2 Å². The number of halogens is 1. The molecule has 1 aliphatic heterocycles. The molecule has 7 nitrogen and oxygen atoms in total. The number of hydrogen-bond acceptors (Lipinski definition) is 6. The van der Waals surface area contributed by atoms with Crippen molar-refractivity contribution in [2.45, 2.75) is 12.5 Å². The Morgan fingerprint density at radius 1 is 1.03 bits per heavy atom. The van der Waals surface area contributed by atoms with Gasteiger partial charge in [-0.2, -0.15) is 0 Å². The lowest BCUT2D eigenvalue weighted by Crippen LogP contribution is -2.54. The first kappa shape index (κ1) is 25.3. The molecule has 3 aromatic carbocycles. The van der Waals surface area contributed by atoms with Crippen molar-refractivity contribution in [2.24, 2.45) is 0 Å². The highest BCUT2D eigenvalue weighted by Gasteiger charge is 2.32. The lowest BCUT2D eigenvalue weighted by atomic mass is 9.95. The summed E-state index contributed by atoms with van der Waals surface area (Å²) in [4.78, 5) is 31.0. The summed E-state index contributed by atoms with van der Waals surface area (Å²) in [5, 5.41) is 3.49. The van der Waals surface area contributed by atoms with Gasteiger partial charge in [0.2, 0.25) is 5.91 Å². The van der Waals surface area contributed by atoms with Crippen LogP contribution in [0.2, 0.25) is 5.02 Å². The maximum absolute atomic E-state index is 12.5. The Bertz CT molecular complexity index is 1440. The number of amides is 1. The van der Waals surface area contributed by atoms with E-state index < -0.39 is 5.97 Å². The molecule has 0 spiro atoms. The van der Waals surface area contributed by atoms with Crippen LogP contribution >= 0.6 is 11.6 Å². The van der Waals surface area contributed by atoms with E-state index in [2.05, 4.69) is 15.2 Å². The summed E-state index contributed by atoms with van der Waals surface area (Å²) in [7, 11) is 1.38. The van der Waals surface area contributed by atoms with Gasteiger partial charge in [0.15, 0.2) is 0 Å². The third-order valence-corrected chi connectivity index (χ3v) is 6.51. The molecule has 0 bridgehead atoms. The molecule has 0 aliphatic carbocycles. The van der Waals surface area contributed by atoms with E-state index in [1.165, 1.54) is 7.11 Å². The zero-order chi connectivity index (χ0) is 26.5. The molecule has 8 heteroatoms. The summed E-state index contributed by atoms with van der Waals surface area (Å²) in [5.41, 5.74) is 4.59. The number of anilines is 2. The minimum Gasteiger partial charge on any atom is -0.487 e. The van der Waals surface area contributed by atoms with Gasteiger partial charge in [-0.25, -0.2) is 4.79 Å². The summed E-state index contributed by atoms with van der Waals surface area (Å²) in [6, 6.07) is 24.1. The van der Waals surface area contributed by atoms with Crippen LogP contribution in [0.4, 0.5) is 11.4 Å². The van der Waals surface area contributed by atoms with Crippen molar-refractivity contribution in [1.82, 2.24) is 4.98 Å². The molecule has 192 valence electrons. The van der Waals surface area contributed by atoms with Crippen molar-refractivity contribution < 1.29 is 19.1 Å². The SMILES string of the molecule is COC(=O)c1cccc(N2CC(Oc3ccc(NC(=O)Cc4cccnc4)cc3)C2)c1-c1cccc(Cl)c1. The van der Waals surface area contributed by atoms with Gasteiger partial charge < -0.3 is 19.7 Å². The number of rotatable bonds is 8. The van der Waals surface area contributed by atoms with Crippen LogP contribution in [-0.2, 0) is 16.0 Å². The topological polar surface area (TPSA) is 80.8 Å². The first-order valence-corrected chi connectivity index (χ1v) is 12.6. The minimum absolute atomic E-state index is 0.0185. The summed E-state index contributed by atoms with van der Waals surface area (Å²) >= 11 is 6.25. The molecule has 38 heavy (non-hydrogen) atoms. The van der Waals surface area contributed by atoms with Crippen LogP contribution in [0.3, 0.4) is 0 Å². The number of hydrogen-bond donors (Lipinski definition) is 1. The minimum atomic E-state index is -0.400. The molecule has 4 aromatic rings. The van der Waals surface area contributed by atoms with Crippen molar-refractivity contribution >= 4 is 34.9 Å². The van der Waals surface area contributed by atoms with Gasteiger partial charge in [0, 0.05) is 34.4 Å². The van der Waals surface area contributed by atoms with Gasteiger partial charge in [0.1, 0.15) is 11.9 Å². The van der Waals surface area contributed by atoms with Gasteiger partial charge >= 0.3 is 5.97 Å². The van der Waals surface area contributed by atoms with E-state index >= 15 is 0 Å². The van der Waals surface area contributed by atoms with Gasteiger partial charge in [-0.15, -0.1) is 0 Å². The number of carbonyl (C=O) groups is 2. The molecular formula is C30H26ClN3O4. The van der Waals surface area contributed by atoms with Gasteiger partial charge in [0.05, 0.1) is 32.2 Å². The van der Waals surface area contributed by atoms with Gasteiger partial charge in [-0.05, 0) is 65.7 Å². The Labute approximate surface area is 226 Å². The average molecular weight is 528 g/mol. The van der Waals surface area contributed by atoms with Crippen molar-refractivity contribution in [2.75, 3.05) is 30.4 Å². The van der Waals surface area contributed by atoms with E-state index in [-0.39, 0.29) is 18.4 Å². The zero-order valence-corrected chi connectivity index (χ0v) is 21.5. The highest BCUT2D eigenvalue weighted by Crippen LogP contribution is 2.38. The number of ether oxygens (including phenoxy) is 2. The predicted molar refractivity (Wildman–Crippen MR) is 148 cm³/mol. The Morgan fingerprint density at radius 3 is 2.53 bits per heavy atom. The fourth-order valence-corrected chi connectivity index (χ4v) is 4.63. The molecule has 0 atom stereocenters. The first-order valence-electron chi connectivity index (χ1n) is 12.2. The van der Waals surface area contributed by atoms with Crippen LogP contribution in [0.1, 0.15) is 15.9 Å². The van der Waals surface area contributed by atoms with Gasteiger partial charge in [-0.1, -0.05) is 35.9 Å². The summed E-state index contributed by atoms with van der Waals surface area (Å²) < 4.78 is 11.2. The van der Waals surface area contributed by atoms with E-state index in [9.17, 15) is 9.59 Å². The van der Waals surface area contributed by atoms with Gasteiger partial charge in [-0.3, -0.25) is 9.78 Å². The number of esters is 1. The van der Waals surface area contributed by atoms with Crippen LogP contribution in [0, 0.1) is 0 Å². The Balaban J connectivity index is 1.23. The first-order chi connectivity index (χ1) is 18.5. The maximum Gasteiger partial charge on any atom is 0.338 e. The van der Waals surface area contributed by atoms with Crippen LogP contribution in [0.25, 0.3) is 11.1 Å². The summed E-state index contributed by atoms with van der Waals surface area (Å²) in [5.74, 6) is 0.215. The molecule has 1 aromatic heterocycles. The molecule has 2 heterocycles. The average Bonchev–Trinajstić information content (AvgIpc) is 2.91. The monoisotopic (exact) mass is 527 g/mol. The third kappa shape index (κ3) is 5.79. The molecule has 0 saturated carbocycles. The highest BCUT2D eigenvalue weighted by atomic mass is 35.5. The highest BCUT2D eigenvalue weighted by molar-refractivity contribution is 6.31. The third-order valence-electron chi connectivity index (χ3n) is 6.28. The predicted octanol–water partition coefficient (Wildman–Crippen LogP) is 5.64. The van der Waals surface area contributed by atoms with E-state index in [1.807, 2.05) is 66.7 Å². The lowest BCUT2D eigenvalue weighted by Gasteiger charge is -2.42. The van der Waals surface area contributed by atoms with Crippen LogP contribution < -0.4 is 15.0 Å². The number of nitrogens with one attached hydrogen (secondary N) is 1. The number of methoxy groups -OCH3 is 1. The molecule has 1 amide bonds. The Hall–Kier alpha value is -4.36. The molecule has 5 rings (SSSR count). The van der Waals surface area contributed by atoms with Crippen LogP contribution in [0.15, 0.2) is 91.3 Å². The summed E-state index contributed by atoms with van der Waals surface area (Å²) in [6.45, 7) is 1.31. The second kappa shape index (κ2) is 11.4. The number of pyridine rings is 1. The molecule has 1 saturated heterocycles. The Kier molecular flexibility index (Phi) is 7.56. The van der Waals surface area contributed by atoms with Crippen molar-refractivity contribution in [3.05, 3.63) is 107 Å². The second-order valence-corrected chi connectivity index (χ2v) is 9.39. The lowest BCUT2D eigenvalue weighted by molar-refractivity contribution is -0.115. The molecule has 1 N–H and O–H groups in total. The van der Waals surface area contributed by atoms with E-state index in [0.29, 0.717) is 29.4 Å². The molecule has 1 aliphatic rings. The zero-order valence-electron chi connectivity index (χ0n) is 20.8. The van der Waals surface area contributed by atoms with Crippen LogP contribution in [0.5, 0.6) is 5.75 Å². The molecule has 1 fully saturated rings. The fraction of sp³-hybridized carbons (Fsp3) is 0.167. The normalized spacial score (nSPS) is 12.9. The quantitative estimate of drug-likeness (QED) is 0.299. The largest absolute Gasteiger partial charge is 0.487 e. The Morgan fingerprint density at radius 2 is 1.82 bits per heavy atom.